The summed E-state index contributed by atoms with van der Waals surface area (Å²) in [6, 6.07) is 8.10. The number of carbonyl (C=O) groups excluding carboxylic acids is 1. The minimum absolute atomic E-state index is 0.0235. The average molecular weight is 412 g/mol. The predicted molar refractivity (Wildman–Crippen MR) is 120 cm³/mol. The lowest BCUT2D eigenvalue weighted by Gasteiger charge is -2.29. The van der Waals surface area contributed by atoms with E-state index in [-0.39, 0.29) is 17.9 Å². The molecule has 0 spiro atoms. The largest absolute Gasteiger partial charge is 0.497 e. The summed E-state index contributed by atoms with van der Waals surface area (Å²) in [5, 5.41) is 6.61. The maximum absolute atomic E-state index is 12.7. The first-order chi connectivity index (χ1) is 14.4. The van der Waals surface area contributed by atoms with Crippen molar-refractivity contribution in [3.8, 4) is 5.75 Å². The third-order valence-electron chi connectivity index (χ3n) is 5.77. The number of rotatable bonds is 7. The summed E-state index contributed by atoms with van der Waals surface area (Å²) in [6.07, 6.45) is 5.45. The number of anilines is 2. The Labute approximate surface area is 179 Å². The summed E-state index contributed by atoms with van der Waals surface area (Å²) in [6.45, 7) is 4.03. The number of ether oxygens (including phenoxy) is 1. The van der Waals surface area contributed by atoms with E-state index in [2.05, 4.69) is 20.6 Å². The molecule has 30 heavy (non-hydrogen) atoms. The van der Waals surface area contributed by atoms with Crippen LogP contribution in [0.1, 0.15) is 49.8 Å². The van der Waals surface area contributed by atoms with Crippen LogP contribution in [0.4, 0.5) is 11.8 Å². The minimum Gasteiger partial charge on any atom is -0.497 e. The molecule has 1 heterocycles. The van der Waals surface area contributed by atoms with E-state index < -0.39 is 0 Å². The highest BCUT2D eigenvalue weighted by atomic mass is 16.5. The second-order valence-corrected chi connectivity index (χ2v) is 8.29. The van der Waals surface area contributed by atoms with E-state index in [9.17, 15) is 4.79 Å². The molecule has 2 aromatic rings. The number of hydrogen-bond acceptors (Lipinski definition) is 6. The number of amides is 1. The quantitative estimate of drug-likeness (QED) is 0.723. The van der Waals surface area contributed by atoms with Crippen molar-refractivity contribution in [1.29, 1.82) is 0 Å². The molecule has 1 aromatic heterocycles. The van der Waals surface area contributed by atoms with Crippen molar-refractivity contribution in [2.24, 2.45) is 5.92 Å². The zero-order valence-corrected chi connectivity index (χ0v) is 18.6. The molecule has 1 aliphatic carbocycles. The van der Waals surface area contributed by atoms with E-state index in [4.69, 9.17) is 4.74 Å². The highest BCUT2D eigenvalue weighted by Gasteiger charge is 2.27. The number of aromatic nitrogens is 2. The van der Waals surface area contributed by atoms with Gasteiger partial charge in [-0.2, -0.15) is 4.98 Å². The second-order valence-electron chi connectivity index (χ2n) is 8.29. The Morgan fingerprint density at radius 1 is 1.17 bits per heavy atom. The van der Waals surface area contributed by atoms with Gasteiger partial charge < -0.3 is 20.3 Å². The number of methoxy groups -OCH3 is 1. The van der Waals surface area contributed by atoms with Gasteiger partial charge in [0.15, 0.2) is 0 Å². The van der Waals surface area contributed by atoms with Crippen LogP contribution < -0.4 is 20.3 Å². The summed E-state index contributed by atoms with van der Waals surface area (Å²) in [4.78, 5) is 23.8. The maximum atomic E-state index is 12.7. The van der Waals surface area contributed by atoms with Crippen LogP contribution in [0.25, 0.3) is 0 Å². The van der Waals surface area contributed by atoms with Gasteiger partial charge in [-0.15, -0.1) is 0 Å². The third kappa shape index (κ3) is 5.40. The number of benzene rings is 1. The fourth-order valence-corrected chi connectivity index (χ4v) is 3.94. The van der Waals surface area contributed by atoms with Crippen LogP contribution in [-0.4, -0.2) is 43.1 Å². The molecule has 1 aromatic carbocycles. The maximum Gasteiger partial charge on any atom is 0.224 e. The van der Waals surface area contributed by atoms with Crippen LogP contribution in [0.2, 0.25) is 0 Å². The summed E-state index contributed by atoms with van der Waals surface area (Å²) in [5.41, 5.74) is 2.13. The standard InChI is InChI=1S/C23H33N5O2/c1-15-14-24-23(27-21(15)28(3)4)26-19-10-6-18(7-11-19)22(29)25-16(2)17-8-12-20(30-5)13-9-17/h8-9,12-14,16,18-19H,6-7,10-11H2,1-5H3,(H,25,29)(H,24,26,27). The van der Waals surface area contributed by atoms with Crippen molar-refractivity contribution in [3.63, 3.8) is 0 Å². The number of hydrogen-bond donors (Lipinski definition) is 2. The van der Waals surface area contributed by atoms with Crippen LogP contribution in [0.3, 0.4) is 0 Å². The first kappa shape index (κ1) is 21.9. The molecule has 1 saturated carbocycles. The first-order valence-electron chi connectivity index (χ1n) is 10.6. The molecule has 0 aliphatic heterocycles. The van der Waals surface area contributed by atoms with Gasteiger partial charge in [-0.05, 0) is 57.2 Å². The summed E-state index contributed by atoms with van der Waals surface area (Å²) >= 11 is 0. The van der Waals surface area contributed by atoms with Crippen LogP contribution in [0.15, 0.2) is 30.5 Å². The molecule has 1 atom stereocenters. The number of aryl methyl sites for hydroxylation is 1. The second kappa shape index (κ2) is 9.78. The lowest BCUT2D eigenvalue weighted by atomic mass is 9.85. The van der Waals surface area contributed by atoms with Crippen molar-refractivity contribution in [3.05, 3.63) is 41.6 Å². The van der Waals surface area contributed by atoms with E-state index in [1.807, 2.05) is 63.3 Å². The van der Waals surface area contributed by atoms with Gasteiger partial charge in [0, 0.05) is 37.8 Å². The van der Waals surface area contributed by atoms with Crippen molar-refractivity contribution in [2.75, 3.05) is 31.4 Å². The fraction of sp³-hybridized carbons (Fsp3) is 0.522. The highest BCUT2D eigenvalue weighted by molar-refractivity contribution is 5.79. The summed E-state index contributed by atoms with van der Waals surface area (Å²) in [7, 11) is 5.61. The zero-order valence-electron chi connectivity index (χ0n) is 18.6. The van der Waals surface area contributed by atoms with Gasteiger partial charge in [-0.3, -0.25) is 4.79 Å². The molecule has 162 valence electrons. The smallest absolute Gasteiger partial charge is 0.224 e. The Balaban J connectivity index is 1.50. The minimum atomic E-state index is -0.0235. The molecular formula is C23H33N5O2. The van der Waals surface area contributed by atoms with E-state index in [0.29, 0.717) is 12.0 Å². The first-order valence-corrected chi connectivity index (χ1v) is 10.6. The van der Waals surface area contributed by atoms with Gasteiger partial charge >= 0.3 is 0 Å². The van der Waals surface area contributed by atoms with Crippen molar-refractivity contribution < 1.29 is 9.53 Å². The number of carbonyl (C=O) groups is 1. The van der Waals surface area contributed by atoms with Crippen molar-refractivity contribution in [2.45, 2.75) is 51.6 Å². The molecule has 1 fully saturated rings. The highest BCUT2D eigenvalue weighted by Crippen LogP contribution is 2.28. The van der Waals surface area contributed by atoms with E-state index in [1.54, 1.807) is 7.11 Å². The van der Waals surface area contributed by atoms with Crippen LogP contribution in [0, 0.1) is 12.8 Å². The topological polar surface area (TPSA) is 79.4 Å². The Morgan fingerprint density at radius 2 is 1.83 bits per heavy atom. The molecule has 0 bridgehead atoms. The van der Waals surface area contributed by atoms with Crippen LogP contribution in [-0.2, 0) is 4.79 Å². The van der Waals surface area contributed by atoms with Gasteiger partial charge in [-0.25, -0.2) is 4.98 Å². The Hall–Kier alpha value is -2.83. The van der Waals surface area contributed by atoms with E-state index >= 15 is 0 Å². The Morgan fingerprint density at radius 3 is 2.43 bits per heavy atom. The molecule has 7 heteroatoms. The molecule has 0 radical (unpaired) electrons. The van der Waals surface area contributed by atoms with Crippen molar-refractivity contribution in [1.82, 2.24) is 15.3 Å². The van der Waals surface area contributed by atoms with Gasteiger partial charge in [0.25, 0.3) is 0 Å². The van der Waals surface area contributed by atoms with Gasteiger partial charge in [0.1, 0.15) is 11.6 Å². The molecule has 1 unspecified atom stereocenters. The van der Waals surface area contributed by atoms with E-state index in [1.165, 1.54) is 0 Å². The lowest BCUT2D eigenvalue weighted by Crippen LogP contribution is -2.37. The average Bonchev–Trinajstić information content (AvgIpc) is 2.75. The van der Waals surface area contributed by atoms with Gasteiger partial charge in [-0.1, -0.05) is 12.1 Å². The van der Waals surface area contributed by atoms with Gasteiger partial charge in [0.05, 0.1) is 13.2 Å². The van der Waals surface area contributed by atoms with E-state index in [0.717, 1.165) is 48.4 Å². The van der Waals surface area contributed by atoms with Gasteiger partial charge in [0.2, 0.25) is 11.9 Å². The molecule has 0 saturated heterocycles. The molecule has 3 rings (SSSR count). The molecule has 1 amide bonds. The fourth-order valence-electron chi connectivity index (χ4n) is 3.94. The third-order valence-corrected chi connectivity index (χ3v) is 5.77. The molecule has 7 nitrogen and oxygen atoms in total. The molecule has 2 N–H and O–H groups in total. The summed E-state index contributed by atoms with van der Waals surface area (Å²) < 4.78 is 5.20. The lowest BCUT2D eigenvalue weighted by molar-refractivity contribution is -0.126. The zero-order chi connectivity index (χ0) is 21.7. The normalized spacial score (nSPS) is 19.6. The molecular weight excluding hydrogens is 378 g/mol. The number of nitrogens with one attached hydrogen (secondary N) is 2. The summed E-state index contributed by atoms with van der Waals surface area (Å²) in [5.74, 6) is 2.59. The predicted octanol–water partition coefficient (Wildman–Crippen LogP) is 3.71. The monoisotopic (exact) mass is 411 g/mol. The molecule has 1 aliphatic rings. The number of nitrogens with zero attached hydrogens (tertiary/aromatic N) is 3. The Kier molecular flexibility index (Phi) is 7.13. The SMILES string of the molecule is COc1ccc(C(C)NC(=O)C2CCC(Nc3ncc(C)c(N(C)C)n3)CC2)cc1. The van der Waals surface area contributed by atoms with Crippen LogP contribution in [0.5, 0.6) is 5.75 Å². The van der Waals surface area contributed by atoms with Crippen molar-refractivity contribution >= 4 is 17.7 Å². The van der Waals surface area contributed by atoms with Crippen LogP contribution >= 0.6 is 0 Å². The Bertz CT molecular complexity index is 845.